The fraction of sp³-hybridized carbons (Fsp3) is 0.875. The van der Waals surface area contributed by atoms with Gasteiger partial charge in [-0.3, -0.25) is 9.69 Å². The molecule has 126 valence electrons. The lowest BCUT2D eigenvalue weighted by Crippen LogP contribution is -2.64. The van der Waals surface area contributed by atoms with Crippen LogP contribution in [0, 0.1) is 10.8 Å². The van der Waals surface area contributed by atoms with Crippen molar-refractivity contribution in [2.75, 3.05) is 13.1 Å². The van der Waals surface area contributed by atoms with Crippen molar-refractivity contribution in [1.82, 2.24) is 9.80 Å². The lowest BCUT2D eigenvalue weighted by molar-refractivity contribution is -0.139. The van der Waals surface area contributed by atoms with E-state index in [1.807, 2.05) is 46.4 Å². The van der Waals surface area contributed by atoms with Crippen LogP contribution in [-0.2, 0) is 4.79 Å². The normalized spacial score (nSPS) is 29.9. The molecule has 0 saturated carbocycles. The molecule has 0 spiro atoms. The Hall–Kier alpha value is -1.30. The third-order valence-electron chi connectivity index (χ3n) is 5.47. The maximum atomic E-state index is 12.8. The van der Waals surface area contributed by atoms with E-state index in [1.165, 1.54) is 4.90 Å². The molecule has 2 heterocycles. The summed E-state index contributed by atoms with van der Waals surface area (Å²) in [5.74, 6) is -0.0614. The zero-order valence-electron chi connectivity index (χ0n) is 14.5. The standard InChI is InChI=1S/C16H29N3O3/c1-14(2,3)11(17)12(20)18-9-16(15(4,5)6)7-10(18)8-19(16)13(21)22/h10-11H,7-9,17H2,1-6H3,(H,21,22)/t10-,11+,16+/m0/s1. The molecule has 0 aromatic heterocycles. The molecule has 2 rings (SSSR count). The lowest BCUT2D eigenvalue weighted by Gasteiger charge is -2.48. The van der Waals surface area contributed by atoms with E-state index in [9.17, 15) is 14.7 Å². The fourth-order valence-corrected chi connectivity index (χ4v) is 3.74. The Morgan fingerprint density at radius 2 is 1.77 bits per heavy atom. The van der Waals surface area contributed by atoms with Crippen LogP contribution in [0.4, 0.5) is 4.79 Å². The molecule has 0 aromatic rings. The highest BCUT2D eigenvalue weighted by atomic mass is 16.4. The van der Waals surface area contributed by atoms with Crippen LogP contribution in [0.5, 0.6) is 0 Å². The smallest absolute Gasteiger partial charge is 0.407 e. The molecule has 2 aliphatic heterocycles. The van der Waals surface area contributed by atoms with Gasteiger partial charge in [-0.15, -0.1) is 0 Å². The summed E-state index contributed by atoms with van der Waals surface area (Å²) >= 11 is 0. The Morgan fingerprint density at radius 1 is 1.23 bits per heavy atom. The van der Waals surface area contributed by atoms with Gasteiger partial charge in [0.2, 0.25) is 5.91 Å². The number of amides is 2. The van der Waals surface area contributed by atoms with Gasteiger partial charge < -0.3 is 15.7 Å². The van der Waals surface area contributed by atoms with Gasteiger partial charge >= 0.3 is 6.09 Å². The predicted molar refractivity (Wildman–Crippen MR) is 84.5 cm³/mol. The molecule has 22 heavy (non-hydrogen) atoms. The SMILES string of the molecule is CC(C)(C)[C@H](N)C(=O)N1C[C@@]2(C(C)(C)C)C[C@H]1CN2C(=O)O. The Labute approximate surface area is 132 Å². The largest absolute Gasteiger partial charge is 0.465 e. The van der Waals surface area contributed by atoms with Crippen molar-refractivity contribution in [3.8, 4) is 0 Å². The average molecular weight is 311 g/mol. The molecular weight excluding hydrogens is 282 g/mol. The van der Waals surface area contributed by atoms with Crippen molar-refractivity contribution in [2.45, 2.75) is 65.6 Å². The number of fused-ring (bicyclic) bond motifs is 2. The van der Waals surface area contributed by atoms with Crippen molar-refractivity contribution in [2.24, 2.45) is 16.6 Å². The van der Waals surface area contributed by atoms with Crippen LogP contribution in [0.2, 0.25) is 0 Å². The van der Waals surface area contributed by atoms with E-state index in [4.69, 9.17) is 5.73 Å². The number of rotatable bonds is 1. The third kappa shape index (κ3) is 2.37. The molecule has 2 bridgehead atoms. The average Bonchev–Trinajstić information content (AvgIpc) is 2.91. The van der Waals surface area contributed by atoms with Gasteiger partial charge in [0.25, 0.3) is 0 Å². The summed E-state index contributed by atoms with van der Waals surface area (Å²) in [4.78, 5) is 27.7. The molecule has 2 amide bonds. The molecule has 3 atom stereocenters. The van der Waals surface area contributed by atoms with Gasteiger partial charge in [-0.1, -0.05) is 41.5 Å². The van der Waals surface area contributed by atoms with Gasteiger partial charge in [-0.05, 0) is 17.3 Å². The van der Waals surface area contributed by atoms with E-state index in [0.717, 1.165) is 0 Å². The van der Waals surface area contributed by atoms with Gasteiger partial charge in [0.15, 0.2) is 0 Å². The van der Waals surface area contributed by atoms with E-state index in [1.54, 1.807) is 0 Å². The zero-order chi connectivity index (χ0) is 17.1. The Morgan fingerprint density at radius 3 is 2.18 bits per heavy atom. The van der Waals surface area contributed by atoms with Crippen LogP contribution >= 0.6 is 0 Å². The Bertz CT molecular complexity index is 492. The number of carbonyl (C=O) groups is 2. The summed E-state index contributed by atoms with van der Waals surface area (Å²) in [7, 11) is 0. The second-order valence-corrected chi connectivity index (χ2v) is 8.84. The van der Waals surface area contributed by atoms with Crippen LogP contribution in [0.1, 0.15) is 48.0 Å². The molecule has 0 unspecified atom stereocenters. The molecule has 6 heteroatoms. The van der Waals surface area contributed by atoms with Crippen LogP contribution in [0.3, 0.4) is 0 Å². The van der Waals surface area contributed by atoms with Crippen LogP contribution in [0.25, 0.3) is 0 Å². The number of carboxylic acid groups (broad SMARTS) is 1. The van der Waals surface area contributed by atoms with Crippen LogP contribution in [-0.4, -0.2) is 57.6 Å². The molecule has 2 saturated heterocycles. The summed E-state index contributed by atoms with van der Waals surface area (Å²) in [6, 6.07) is -0.627. The molecule has 3 N–H and O–H groups in total. The van der Waals surface area contributed by atoms with E-state index in [-0.39, 0.29) is 22.8 Å². The summed E-state index contributed by atoms with van der Waals surface area (Å²) in [6.45, 7) is 12.8. The highest BCUT2D eigenvalue weighted by Crippen LogP contribution is 2.50. The number of hydrogen-bond acceptors (Lipinski definition) is 3. The third-order valence-corrected chi connectivity index (χ3v) is 5.47. The number of nitrogens with zero attached hydrogens (tertiary/aromatic N) is 2. The van der Waals surface area contributed by atoms with E-state index >= 15 is 0 Å². The molecule has 2 aliphatic rings. The molecule has 0 aliphatic carbocycles. The topological polar surface area (TPSA) is 86.9 Å². The highest BCUT2D eigenvalue weighted by Gasteiger charge is 2.63. The first-order chi connectivity index (χ1) is 9.81. The maximum Gasteiger partial charge on any atom is 0.407 e. The molecule has 0 aromatic carbocycles. The number of carbonyl (C=O) groups excluding carboxylic acids is 1. The quantitative estimate of drug-likeness (QED) is 0.772. The first-order valence-corrected chi connectivity index (χ1v) is 7.88. The van der Waals surface area contributed by atoms with Gasteiger partial charge in [-0.25, -0.2) is 4.79 Å². The maximum absolute atomic E-state index is 12.8. The molecule has 2 fully saturated rings. The van der Waals surface area contributed by atoms with Crippen molar-refractivity contribution in [3.05, 3.63) is 0 Å². The second-order valence-electron chi connectivity index (χ2n) is 8.84. The van der Waals surface area contributed by atoms with Crippen molar-refractivity contribution in [1.29, 1.82) is 0 Å². The lowest BCUT2D eigenvalue weighted by atomic mass is 9.73. The monoisotopic (exact) mass is 311 g/mol. The van der Waals surface area contributed by atoms with E-state index in [0.29, 0.717) is 19.5 Å². The predicted octanol–water partition coefficient (Wildman–Crippen LogP) is 1.74. The molecule has 0 radical (unpaired) electrons. The summed E-state index contributed by atoms with van der Waals surface area (Å²) in [6.07, 6.45) is -0.199. The summed E-state index contributed by atoms with van der Waals surface area (Å²) < 4.78 is 0. The molecular formula is C16H29N3O3. The van der Waals surface area contributed by atoms with Crippen LogP contribution < -0.4 is 5.73 Å². The first kappa shape index (κ1) is 17.1. The number of likely N-dealkylation sites (tertiary alicyclic amines) is 2. The number of nitrogens with two attached hydrogens (primary N) is 1. The van der Waals surface area contributed by atoms with Gasteiger partial charge in [-0.2, -0.15) is 0 Å². The van der Waals surface area contributed by atoms with Crippen molar-refractivity contribution < 1.29 is 14.7 Å². The first-order valence-electron chi connectivity index (χ1n) is 7.88. The van der Waals surface area contributed by atoms with E-state index in [2.05, 4.69) is 0 Å². The van der Waals surface area contributed by atoms with E-state index < -0.39 is 17.7 Å². The second kappa shape index (κ2) is 4.85. The van der Waals surface area contributed by atoms with Gasteiger partial charge in [0.05, 0.1) is 17.6 Å². The number of piperazine rings is 1. The highest BCUT2D eigenvalue weighted by molar-refractivity contribution is 5.84. The summed E-state index contributed by atoms with van der Waals surface area (Å²) in [5.41, 5.74) is 5.07. The zero-order valence-corrected chi connectivity index (χ0v) is 14.5. The minimum absolute atomic E-state index is 0.0591. The summed E-state index contributed by atoms with van der Waals surface area (Å²) in [5, 5.41) is 9.52. The minimum Gasteiger partial charge on any atom is -0.465 e. The Balaban J connectivity index is 2.30. The van der Waals surface area contributed by atoms with Gasteiger partial charge in [0.1, 0.15) is 0 Å². The minimum atomic E-state index is -0.898. The van der Waals surface area contributed by atoms with Crippen LogP contribution in [0.15, 0.2) is 0 Å². The number of hydrogen-bond donors (Lipinski definition) is 2. The van der Waals surface area contributed by atoms with Crippen molar-refractivity contribution in [3.63, 3.8) is 0 Å². The fourth-order valence-electron chi connectivity index (χ4n) is 3.74. The van der Waals surface area contributed by atoms with Gasteiger partial charge in [0, 0.05) is 13.1 Å². The molecule has 6 nitrogen and oxygen atoms in total. The Kier molecular flexibility index (Phi) is 3.76. The van der Waals surface area contributed by atoms with Crippen molar-refractivity contribution >= 4 is 12.0 Å².